The first kappa shape index (κ1) is 15.2. The average Bonchev–Trinajstić information content (AvgIpc) is 2.62. The van der Waals surface area contributed by atoms with Crippen LogP contribution >= 0.6 is 26.6 Å². The van der Waals surface area contributed by atoms with E-state index < -0.39 is 11.7 Å². The van der Waals surface area contributed by atoms with E-state index in [0.717, 1.165) is 0 Å². The van der Waals surface area contributed by atoms with Gasteiger partial charge in [0.1, 0.15) is 0 Å². The molecule has 1 fully saturated rings. The second-order valence-electron chi connectivity index (χ2n) is 4.79. The van der Waals surface area contributed by atoms with Gasteiger partial charge in [-0.3, -0.25) is 0 Å². The molecule has 0 aromatic carbocycles. The standard InChI is InChI=1S/C6H13N2.C5H8N2.2BrH.Pt/c1-8-4-2-6(7)3-5-8;1-6-3-4-7(2)5-6;;;/h6-7H,2-5H2,1H3;3-4H,1-2H3;2*1H;/q-1;;;;+3/p-2. The van der Waals surface area contributed by atoms with Crippen molar-refractivity contribution in [2.75, 3.05) is 20.1 Å². The van der Waals surface area contributed by atoms with Crippen molar-refractivity contribution in [3.05, 3.63) is 16.2 Å². The summed E-state index contributed by atoms with van der Waals surface area (Å²) in [5.41, 5.74) is 0. The van der Waals surface area contributed by atoms with Crippen molar-refractivity contribution in [3.8, 4) is 0 Å². The maximum atomic E-state index is 3.95. The molecule has 2 rings (SSSR count). The average molecular weight is 564 g/mol. The second kappa shape index (κ2) is 6.04. The molecule has 2 heterocycles. The van der Waals surface area contributed by atoms with Gasteiger partial charge in [0.2, 0.25) is 0 Å². The predicted molar refractivity (Wildman–Crippen MR) is 79.1 cm³/mol. The number of hydrogen-bond acceptors (Lipinski definition) is 2. The van der Waals surface area contributed by atoms with Crippen molar-refractivity contribution in [1.82, 2.24) is 17.9 Å². The summed E-state index contributed by atoms with van der Waals surface area (Å²) in [5, 5.41) is 0. The zero-order valence-electron chi connectivity index (χ0n) is 11.0. The predicted octanol–water partition coefficient (Wildman–Crippen LogP) is 2.27. The fourth-order valence-corrected chi connectivity index (χ4v) is 15.8. The van der Waals surface area contributed by atoms with Gasteiger partial charge in [-0.2, -0.15) is 0 Å². The Kier molecular flexibility index (Phi) is 5.09. The molecule has 0 spiro atoms. The van der Waals surface area contributed by atoms with Gasteiger partial charge in [0.25, 0.3) is 0 Å². The normalized spacial score (nSPS) is 20.3. The zero-order valence-corrected chi connectivity index (χ0v) is 16.4. The number of hydrogen-bond donors (Lipinski definition) is 1. The summed E-state index contributed by atoms with van der Waals surface area (Å²) in [7, 11) is 6.41. The monoisotopic (exact) mass is 562 g/mol. The molecule has 7 heteroatoms. The quantitative estimate of drug-likeness (QED) is 0.597. The van der Waals surface area contributed by atoms with Crippen molar-refractivity contribution in [2.24, 2.45) is 14.1 Å². The van der Waals surface area contributed by atoms with E-state index in [2.05, 4.69) is 78.0 Å². The molecule has 0 unspecified atom stereocenters. The summed E-state index contributed by atoms with van der Waals surface area (Å²) >= 11 is 5.49. The zero-order chi connectivity index (χ0) is 13.3. The summed E-state index contributed by atoms with van der Waals surface area (Å²) in [4.78, 5) is 2.40. The van der Waals surface area contributed by atoms with E-state index in [0.29, 0.717) is 6.04 Å². The topological polar surface area (TPSA) is 25.1 Å². The summed E-state index contributed by atoms with van der Waals surface area (Å²) in [6.45, 7) is 2.38. The van der Waals surface area contributed by atoms with Gasteiger partial charge in [-0.15, -0.1) is 0 Å². The first-order valence-electron chi connectivity index (χ1n) is 5.93. The maximum absolute atomic E-state index is 3.95. The SMILES string of the molecule is CN1CCC([NH][Pt]([Br])([Br])=[c]2n(C)ccn2C)CC1. The summed E-state index contributed by atoms with van der Waals surface area (Å²) in [6, 6.07) is 0.617. The third-order valence-corrected chi connectivity index (χ3v) is 13.9. The van der Waals surface area contributed by atoms with Gasteiger partial charge in [-0.05, 0) is 0 Å². The van der Waals surface area contributed by atoms with Crippen LogP contribution in [0.1, 0.15) is 12.8 Å². The Bertz CT molecular complexity index is 471. The van der Waals surface area contributed by atoms with Crippen LogP contribution in [0.2, 0.25) is 0 Å². The fourth-order valence-electron chi connectivity index (χ4n) is 2.15. The van der Waals surface area contributed by atoms with Crippen LogP contribution in [0, 0.1) is 3.80 Å². The third kappa shape index (κ3) is 3.45. The van der Waals surface area contributed by atoms with Crippen molar-refractivity contribution in [3.63, 3.8) is 0 Å². The minimum absolute atomic E-state index is 0.617. The number of aryl methyl sites for hydroxylation is 2. The molecule has 1 saturated heterocycles. The molecule has 0 radical (unpaired) electrons. The van der Waals surface area contributed by atoms with Crippen LogP contribution in [-0.2, 0) is 25.8 Å². The Morgan fingerprint density at radius 2 is 1.61 bits per heavy atom. The van der Waals surface area contributed by atoms with Crippen LogP contribution < -0.4 is 3.88 Å². The van der Waals surface area contributed by atoms with Crippen LogP contribution in [0.5, 0.6) is 0 Å². The molecule has 0 saturated carbocycles. The van der Waals surface area contributed by atoms with E-state index in [1.54, 1.807) is 0 Å². The van der Waals surface area contributed by atoms with Crippen LogP contribution in [0.4, 0.5) is 0 Å². The van der Waals surface area contributed by atoms with Crippen molar-refractivity contribution < 1.29 is 11.7 Å². The number of nitrogens with one attached hydrogen (secondary N) is 1. The van der Waals surface area contributed by atoms with Gasteiger partial charge in [0.15, 0.2) is 0 Å². The van der Waals surface area contributed by atoms with Crippen LogP contribution in [-0.4, -0.2) is 40.2 Å². The first-order valence-corrected chi connectivity index (χ1v) is 18.1. The van der Waals surface area contributed by atoms with Crippen LogP contribution in [0.3, 0.4) is 0 Å². The van der Waals surface area contributed by atoms with Crippen molar-refractivity contribution in [1.29, 1.82) is 0 Å². The van der Waals surface area contributed by atoms with Crippen LogP contribution in [0.15, 0.2) is 12.4 Å². The molecule has 0 bridgehead atoms. The van der Waals surface area contributed by atoms with E-state index in [9.17, 15) is 0 Å². The molecule has 1 aliphatic rings. The molecule has 109 valence electrons. The second-order valence-corrected chi connectivity index (χ2v) is 26.9. The van der Waals surface area contributed by atoms with Gasteiger partial charge in [0, 0.05) is 0 Å². The van der Waals surface area contributed by atoms with Gasteiger partial charge in [-0.1, -0.05) is 0 Å². The number of halogens is 2. The summed E-state index contributed by atoms with van der Waals surface area (Å²) in [5.74, 6) is 0. The molecule has 0 aliphatic carbocycles. The fraction of sp³-hybridized carbons (Fsp3) is 0.727. The third-order valence-electron chi connectivity index (χ3n) is 3.19. The number of aromatic nitrogens is 2. The number of nitrogens with zero attached hydrogens (tertiary/aromatic N) is 3. The molecule has 1 N–H and O–H groups in total. The van der Waals surface area contributed by atoms with Gasteiger partial charge in [0.05, 0.1) is 0 Å². The molecular formula is C11H21Br2N4Pt. The number of piperidine rings is 1. The van der Waals surface area contributed by atoms with Crippen molar-refractivity contribution in [2.45, 2.75) is 18.9 Å². The Morgan fingerprint density at radius 1 is 1.11 bits per heavy atom. The molecule has 0 amide bonds. The molecule has 1 aromatic heterocycles. The molecule has 1 aromatic rings. The molecule has 0 atom stereocenters. The number of likely N-dealkylation sites (tertiary alicyclic amines) is 1. The Balaban J connectivity index is 2.25. The van der Waals surface area contributed by atoms with E-state index in [1.165, 1.54) is 29.7 Å². The molecule has 1 aliphatic heterocycles. The van der Waals surface area contributed by atoms with E-state index in [4.69, 9.17) is 0 Å². The Labute approximate surface area is 125 Å². The summed E-state index contributed by atoms with van der Waals surface area (Å²) < 4.78 is 9.57. The van der Waals surface area contributed by atoms with Gasteiger partial charge >= 0.3 is 126 Å². The van der Waals surface area contributed by atoms with Crippen LogP contribution in [0.25, 0.3) is 0 Å². The van der Waals surface area contributed by atoms with E-state index in [-0.39, 0.29) is 0 Å². The van der Waals surface area contributed by atoms with E-state index >= 15 is 0 Å². The Morgan fingerprint density at radius 3 is 2.11 bits per heavy atom. The molecule has 18 heavy (non-hydrogen) atoms. The van der Waals surface area contributed by atoms with Gasteiger partial charge < -0.3 is 0 Å². The molecule has 4 nitrogen and oxygen atoms in total. The van der Waals surface area contributed by atoms with Gasteiger partial charge in [-0.25, -0.2) is 0 Å². The number of imidazole rings is 1. The number of rotatable bonds is 2. The first-order chi connectivity index (χ1) is 8.40. The minimum atomic E-state index is -2.42. The van der Waals surface area contributed by atoms with E-state index in [1.807, 2.05) is 0 Å². The molecular weight excluding hydrogens is 543 g/mol. The Hall–Kier alpha value is 0.778. The van der Waals surface area contributed by atoms with Crippen molar-refractivity contribution >= 4 is 26.6 Å². The summed E-state index contributed by atoms with van der Waals surface area (Å²) in [6.07, 6.45) is 6.67.